The third kappa shape index (κ3) is 2.42. The van der Waals surface area contributed by atoms with Gasteiger partial charge in [0.2, 0.25) is 0 Å². The zero-order valence-corrected chi connectivity index (χ0v) is 9.96. The molecule has 0 spiro atoms. The molecule has 16 heavy (non-hydrogen) atoms. The van der Waals surface area contributed by atoms with Gasteiger partial charge >= 0.3 is 0 Å². The molecule has 0 atom stereocenters. The average Bonchev–Trinajstić information content (AvgIpc) is 2.30. The number of thioether (sulfide) groups is 1. The van der Waals surface area contributed by atoms with Crippen LogP contribution in [-0.4, -0.2) is 23.7 Å². The van der Waals surface area contributed by atoms with Crippen LogP contribution in [0.5, 0.6) is 11.5 Å². The molecular weight excluding hydrogens is 220 g/mol. The van der Waals surface area contributed by atoms with Crippen LogP contribution in [0.3, 0.4) is 0 Å². The molecule has 84 valence electrons. The van der Waals surface area contributed by atoms with E-state index in [1.807, 2.05) is 36.6 Å². The van der Waals surface area contributed by atoms with Crippen LogP contribution in [-0.2, 0) is 0 Å². The summed E-state index contributed by atoms with van der Waals surface area (Å²) in [5.41, 5.74) is 0. The van der Waals surface area contributed by atoms with E-state index in [4.69, 9.17) is 4.74 Å². The van der Waals surface area contributed by atoms with Gasteiger partial charge in [-0.15, -0.1) is 0 Å². The fourth-order valence-electron chi connectivity index (χ4n) is 1.56. The minimum absolute atomic E-state index is 0.208. The summed E-state index contributed by atoms with van der Waals surface area (Å²) >= 11 is 1.72. The van der Waals surface area contributed by atoms with Crippen molar-refractivity contribution in [3.63, 3.8) is 0 Å². The van der Waals surface area contributed by atoms with Gasteiger partial charge in [-0.05, 0) is 29.2 Å². The van der Waals surface area contributed by atoms with E-state index in [9.17, 15) is 5.11 Å². The van der Waals surface area contributed by atoms with Crippen LogP contribution in [0.2, 0.25) is 0 Å². The number of phenolic OH excluding ortho intramolecular Hbond substituents is 1. The SMILES string of the molecule is CSCCOc1cc2ccccc2cc1O. The summed E-state index contributed by atoms with van der Waals surface area (Å²) in [5, 5.41) is 11.9. The summed E-state index contributed by atoms with van der Waals surface area (Å²) < 4.78 is 5.51. The van der Waals surface area contributed by atoms with E-state index < -0.39 is 0 Å². The molecule has 0 fully saturated rings. The molecule has 2 rings (SSSR count). The van der Waals surface area contributed by atoms with Crippen LogP contribution >= 0.6 is 11.8 Å². The predicted octanol–water partition coefficient (Wildman–Crippen LogP) is 3.29. The summed E-state index contributed by atoms with van der Waals surface area (Å²) in [7, 11) is 0. The van der Waals surface area contributed by atoms with Gasteiger partial charge in [-0.1, -0.05) is 24.3 Å². The molecule has 0 aliphatic rings. The van der Waals surface area contributed by atoms with Gasteiger partial charge < -0.3 is 9.84 Å². The quantitative estimate of drug-likeness (QED) is 0.823. The third-order valence-electron chi connectivity index (χ3n) is 2.37. The molecule has 0 heterocycles. The van der Waals surface area contributed by atoms with E-state index in [-0.39, 0.29) is 5.75 Å². The van der Waals surface area contributed by atoms with E-state index in [0.29, 0.717) is 12.4 Å². The molecule has 1 N–H and O–H groups in total. The molecule has 0 saturated carbocycles. The lowest BCUT2D eigenvalue weighted by molar-refractivity contribution is 0.322. The second-order valence-corrected chi connectivity index (χ2v) is 4.49. The van der Waals surface area contributed by atoms with Gasteiger partial charge in [-0.3, -0.25) is 0 Å². The van der Waals surface area contributed by atoms with Crippen LogP contribution in [0.1, 0.15) is 0 Å². The minimum atomic E-state index is 0.208. The highest BCUT2D eigenvalue weighted by Crippen LogP contribution is 2.31. The van der Waals surface area contributed by atoms with Gasteiger partial charge in [0.15, 0.2) is 11.5 Å². The lowest BCUT2D eigenvalue weighted by Gasteiger charge is -2.08. The minimum Gasteiger partial charge on any atom is -0.504 e. The summed E-state index contributed by atoms with van der Waals surface area (Å²) in [6.07, 6.45) is 2.03. The lowest BCUT2D eigenvalue weighted by Crippen LogP contribution is -1.99. The van der Waals surface area contributed by atoms with Crippen molar-refractivity contribution in [1.82, 2.24) is 0 Å². The van der Waals surface area contributed by atoms with Gasteiger partial charge in [0.25, 0.3) is 0 Å². The van der Waals surface area contributed by atoms with Crippen molar-refractivity contribution in [2.45, 2.75) is 0 Å². The summed E-state index contributed by atoms with van der Waals surface area (Å²) in [6, 6.07) is 11.5. The molecule has 0 bridgehead atoms. The molecule has 0 amide bonds. The molecule has 0 saturated heterocycles. The molecule has 3 heteroatoms. The first-order valence-corrected chi connectivity index (χ1v) is 6.54. The predicted molar refractivity (Wildman–Crippen MR) is 69.5 cm³/mol. The van der Waals surface area contributed by atoms with Crippen molar-refractivity contribution in [1.29, 1.82) is 0 Å². The number of fused-ring (bicyclic) bond motifs is 1. The Bertz CT molecular complexity index is 482. The van der Waals surface area contributed by atoms with E-state index in [1.54, 1.807) is 17.8 Å². The first kappa shape index (κ1) is 11.1. The summed E-state index contributed by atoms with van der Waals surface area (Å²) in [6.45, 7) is 0.618. The molecule has 2 nitrogen and oxygen atoms in total. The maximum absolute atomic E-state index is 9.78. The first-order valence-electron chi connectivity index (χ1n) is 5.15. The molecule has 0 aliphatic carbocycles. The Hall–Kier alpha value is -1.35. The van der Waals surface area contributed by atoms with Crippen molar-refractivity contribution in [3.8, 4) is 11.5 Å². The van der Waals surface area contributed by atoms with Gasteiger partial charge in [0.1, 0.15) is 0 Å². The number of hydrogen-bond donors (Lipinski definition) is 1. The maximum atomic E-state index is 9.78. The Balaban J connectivity index is 2.27. The molecule has 0 aromatic heterocycles. The van der Waals surface area contributed by atoms with Crippen molar-refractivity contribution in [2.75, 3.05) is 18.6 Å². The molecular formula is C13H14O2S. The summed E-state index contributed by atoms with van der Waals surface area (Å²) in [5.74, 6) is 1.69. The Labute approximate surface area is 99.2 Å². The number of rotatable bonds is 4. The molecule has 0 aliphatic heterocycles. The van der Waals surface area contributed by atoms with Crippen LogP contribution in [0.15, 0.2) is 36.4 Å². The highest BCUT2D eigenvalue weighted by atomic mass is 32.2. The van der Waals surface area contributed by atoms with Crippen LogP contribution < -0.4 is 4.74 Å². The summed E-state index contributed by atoms with van der Waals surface area (Å²) in [4.78, 5) is 0. The molecule has 2 aromatic carbocycles. The second-order valence-electron chi connectivity index (χ2n) is 3.51. The van der Waals surface area contributed by atoms with Crippen molar-refractivity contribution >= 4 is 22.5 Å². The number of phenols is 1. The Morgan fingerprint density at radius 1 is 1.19 bits per heavy atom. The molecule has 0 unspecified atom stereocenters. The third-order valence-corrected chi connectivity index (χ3v) is 2.95. The van der Waals surface area contributed by atoms with Crippen LogP contribution in [0.25, 0.3) is 10.8 Å². The van der Waals surface area contributed by atoms with E-state index in [1.165, 1.54) is 0 Å². The van der Waals surface area contributed by atoms with E-state index >= 15 is 0 Å². The van der Waals surface area contributed by atoms with Gasteiger partial charge in [-0.25, -0.2) is 0 Å². The number of benzene rings is 2. The normalized spacial score (nSPS) is 10.6. The van der Waals surface area contributed by atoms with Crippen LogP contribution in [0, 0.1) is 0 Å². The van der Waals surface area contributed by atoms with Gasteiger partial charge in [0, 0.05) is 5.75 Å². The van der Waals surface area contributed by atoms with Crippen LogP contribution in [0.4, 0.5) is 0 Å². The Morgan fingerprint density at radius 3 is 2.56 bits per heavy atom. The highest BCUT2D eigenvalue weighted by molar-refractivity contribution is 7.98. The Kier molecular flexibility index (Phi) is 3.57. The highest BCUT2D eigenvalue weighted by Gasteiger charge is 2.04. The fourth-order valence-corrected chi connectivity index (χ4v) is 1.81. The van der Waals surface area contributed by atoms with E-state index in [0.717, 1.165) is 16.5 Å². The van der Waals surface area contributed by atoms with Crippen molar-refractivity contribution in [2.24, 2.45) is 0 Å². The first-order chi connectivity index (χ1) is 7.81. The van der Waals surface area contributed by atoms with Gasteiger partial charge in [-0.2, -0.15) is 11.8 Å². The topological polar surface area (TPSA) is 29.5 Å². The standard InChI is InChI=1S/C13H14O2S/c1-16-7-6-15-13-9-11-5-3-2-4-10(11)8-12(13)14/h2-5,8-9,14H,6-7H2,1H3. The van der Waals surface area contributed by atoms with Crippen molar-refractivity contribution in [3.05, 3.63) is 36.4 Å². The fraction of sp³-hybridized carbons (Fsp3) is 0.231. The smallest absolute Gasteiger partial charge is 0.161 e. The number of ether oxygens (including phenoxy) is 1. The van der Waals surface area contributed by atoms with E-state index in [2.05, 4.69) is 0 Å². The zero-order chi connectivity index (χ0) is 11.4. The van der Waals surface area contributed by atoms with Gasteiger partial charge in [0.05, 0.1) is 6.61 Å². The monoisotopic (exact) mass is 234 g/mol. The van der Waals surface area contributed by atoms with Crippen molar-refractivity contribution < 1.29 is 9.84 Å². The number of aromatic hydroxyl groups is 1. The number of hydrogen-bond acceptors (Lipinski definition) is 3. The average molecular weight is 234 g/mol. The maximum Gasteiger partial charge on any atom is 0.161 e. The lowest BCUT2D eigenvalue weighted by atomic mass is 10.1. The zero-order valence-electron chi connectivity index (χ0n) is 9.14. The second kappa shape index (κ2) is 5.12. The largest absolute Gasteiger partial charge is 0.504 e. The molecule has 0 radical (unpaired) electrons. The molecule has 2 aromatic rings. The Morgan fingerprint density at radius 2 is 1.88 bits per heavy atom.